The Balaban J connectivity index is 1.35. The fraction of sp³-hybridized carbons (Fsp3) is 0.727. The number of hydrogen-bond donors (Lipinski definition) is 1. The standard InChI is InChI=1S/C22H33N3O3/c1-3-17-12-18-11-16(2)13-22(14-17,15-18)23-21(27)25-8-6-24(7-9-25)20(26)19-5-4-10-28-19/h4-5,10,16-18H,3,6-9,11-15H2,1-2H3,(H,23,27). The molecule has 2 heterocycles. The smallest absolute Gasteiger partial charge is 0.317 e. The van der Waals surface area contributed by atoms with Crippen molar-refractivity contribution >= 4 is 11.9 Å². The summed E-state index contributed by atoms with van der Waals surface area (Å²) in [6.45, 7) is 6.86. The van der Waals surface area contributed by atoms with E-state index < -0.39 is 0 Å². The van der Waals surface area contributed by atoms with Crippen LogP contribution in [-0.4, -0.2) is 53.5 Å². The van der Waals surface area contributed by atoms with Gasteiger partial charge in [-0.25, -0.2) is 4.79 Å². The summed E-state index contributed by atoms with van der Waals surface area (Å²) >= 11 is 0. The van der Waals surface area contributed by atoms with E-state index in [4.69, 9.17) is 4.42 Å². The summed E-state index contributed by atoms with van der Waals surface area (Å²) in [5.74, 6) is 2.44. The van der Waals surface area contributed by atoms with Gasteiger partial charge in [0.1, 0.15) is 0 Å². The molecule has 28 heavy (non-hydrogen) atoms. The molecule has 154 valence electrons. The molecule has 6 heteroatoms. The molecule has 1 aliphatic heterocycles. The quantitative estimate of drug-likeness (QED) is 0.859. The zero-order valence-electron chi connectivity index (χ0n) is 17.2. The SMILES string of the molecule is CCC1CC2CC(C)CC(NC(=O)N3CCN(C(=O)c4ccco4)CC3)(C1)C2. The number of carbonyl (C=O) groups is 2. The number of furan rings is 1. The number of amides is 3. The second-order valence-electron chi connectivity index (χ2n) is 9.30. The first kappa shape index (κ1) is 19.3. The highest BCUT2D eigenvalue weighted by atomic mass is 16.3. The molecule has 0 aromatic carbocycles. The molecular formula is C22H33N3O3. The monoisotopic (exact) mass is 387 g/mol. The van der Waals surface area contributed by atoms with Gasteiger partial charge in [-0.15, -0.1) is 0 Å². The normalized spacial score (nSPS) is 32.9. The summed E-state index contributed by atoms with van der Waals surface area (Å²) < 4.78 is 5.21. The third-order valence-corrected chi connectivity index (χ3v) is 7.04. The summed E-state index contributed by atoms with van der Waals surface area (Å²) in [6.07, 6.45) is 8.71. The molecule has 1 aromatic rings. The molecule has 4 unspecified atom stereocenters. The summed E-state index contributed by atoms with van der Waals surface area (Å²) in [6, 6.07) is 3.46. The second kappa shape index (κ2) is 7.80. The number of nitrogens with one attached hydrogen (secondary N) is 1. The number of carbonyl (C=O) groups excluding carboxylic acids is 2. The van der Waals surface area contributed by atoms with Gasteiger partial charge >= 0.3 is 6.03 Å². The Labute approximate surface area is 167 Å². The molecule has 0 spiro atoms. The lowest BCUT2D eigenvalue weighted by Crippen LogP contribution is -2.61. The van der Waals surface area contributed by atoms with E-state index >= 15 is 0 Å². The molecule has 1 N–H and O–H groups in total. The molecule has 2 bridgehead atoms. The van der Waals surface area contributed by atoms with Gasteiger partial charge in [0.15, 0.2) is 5.76 Å². The minimum absolute atomic E-state index is 0.0283. The maximum absolute atomic E-state index is 13.1. The molecule has 1 aromatic heterocycles. The molecule has 4 rings (SSSR count). The van der Waals surface area contributed by atoms with Crippen molar-refractivity contribution in [1.29, 1.82) is 0 Å². The third-order valence-electron chi connectivity index (χ3n) is 7.04. The van der Waals surface area contributed by atoms with Crippen molar-refractivity contribution in [1.82, 2.24) is 15.1 Å². The van der Waals surface area contributed by atoms with Gasteiger partial charge in [-0.05, 0) is 62.0 Å². The van der Waals surface area contributed by atoms with Crippen molar-refractivity contribution in [2.24, 2.45) is 17.8 Å². The zero-order chi connectivity index (χ0) is 19.7. The molecule has 1 saturated heterocycles. The lowest BCUT2D eigenvalue weighted by Gasteiger charge is -2.51. The summed E-state index contributed by atoms with van der Waals surface area (Å²) in [5.41, 5.74) is -0.0283. The lowest BCUT2D eigenvalue weighted by molar-refractivity contribution is 0.0454. The average molecular weight is 388 g/mol. The van der Waals surface area contributed by atoms with Crippen molar-refractivity contribution in [3.8, 4) is 0 Å². The van der Waals surface area contributed by atoms with Gasteiger partial charge < -0.3 is 19.5 Å². The molecule has 6 nitrogen and oxygen atoms in total. The van der Waals surface area contributed by atoms with Gasteiger partial charge in [0, 0.05) is 31.7 Å². The van der Waals surface area contributed by atoms with Crippen molar-refractivity contribution in [3.63, 3.8) is 0 Å². The predicted molar refractivity (Wildman–Crippen MR) is 107 cm³/mol. The highest BCUT2D eigenvalue weighted by Gasteiger charge is 2.46. The Bertz CT molecular complexity index is 692. The first-order valence-corrected chi connectivity index (χ1v) is 10.9. The third kappa shape index (κ3) is 3.91. The van der Waals surface area contributed by atoms with Gasteiger partial charge in [0.2, 0.25) is 0 Å². The molecular weight excluding hydrogens is 354 g/mol. The van der Waals surface area contributed by atoms with Crippen LogP contribution < -0.4 is 5.32 Å². The molecule has 3 amide bonds. The van der Waals surface area contributed by atoms with Crippen LogP contribution in [0, 0.1) is 17.8 Å². The minimum atomic E-state index is -0.0920. The second-order valence-corrected chi connectivity index (χ2v) is 9.30. The number of piperazine rings is 1. The Morgan fingerprint density at radius 2 is 1.89 bits per heavy atom. The molecule has 2 saturated carbocycles. The Kier molecular flexibility index (Phi) is 5.39. The highest BCUT2D eigenvalue weighted by Crippen LogP contribution is 2.48. The van der Waals surface area contributed by atoms with Crippen LogP contribution >= 0.6 is 0 Å². The Morgan fingerprint density at radius 1 is 1.14 bits per heavy atom. The van der Waals surface area contributed by atoms with Crippen LogP contribution in [0.4, 0.5) is 4.79 Å². The van der Waals surface area contributed by atoms with E-state index in [1.165, 1.54) is 25.5 Å². The van der Waals surface area contributed by atoms with Gasteiger partial charge in [-0.2, -0.15) is 0 Å². The molecule has 4 atom stereocenters. The molecule has 2 aliphatic carbocycles. The summed E-state index contributed by atoms with van der Waals surface area (Å²) in [4.78, 5) is 29.1. The number of urea groups is 1. The first-order chi connectivity index (χ1) is 13.5. The topological polar surface area (TPSA) is 65.8 Å². The fourth-order valence-corrected chi connectivity index (χ4v) is 5.93. The molecule has 3 aliphatic rings. The number of rotatable bonds is 3. The van der Waals surface area contributed by atoms with E-state index in [1.54, 1.807) is 17.0 Å². The maximum atomic E-state index is 13.1. The van der Waals surface area contributed by atoms with E-state index in [9.17, 15) is 9.59 Å². The van der Waals surface area contributed by atoms with Crippen LogP contribution in [0.3, 0.4) is 0 Å². The van der Waals surface area contributed by atoms with Crippen LogP contribution in [0.5, 0.6) is 0 Å². The van der Waals surface area contributed by atoms with E-state index in [-0.39, 0.29) is 17.5 Å². The van der Waals surface area contributed by atoms with E-state index in [1.807, 2.05) is 4.90 Å². The van der Waals surface area contributed by atoms with E-state index in [2.05, 4.69) is 19.2 Å². The molecule has 0 radical (unpaired) electrons. The van der Waals surface area contributed by atoms with Crippen LogP contribution in [0.15, 0.2) is 22.8 Å². The van der Waals surface area contributed by atoms with Crippen molar-refractivity contribution in [2.75, 3.05) is 26.2 Å². The van der Waals surface area contributed by atoms with Crippen LogP contribution in [0.25, 0.3) is 0 Å². The largest absolute Gasteiger partial charge is 0.459 e. The van der Waals surface area contributed by atoms with E-state index in [0.717, 1.165) is 31.1 Å². The van der Waals surface area contributed by atoms with Gasteiger partial charge in [-0.1, -0.05) is 20.3 Å². The lowest BCUT2D eigenvalue weighted by atomic mass is 9.60. The summed E-state index contributed by atoms with van der Waals surface area (Å²) in [7, 11) is 0. The van der Waals surface area contributed by atoms with Gasteiger partial charge in [0.25, 0.3) is 5.91 Å². The number of fused-ring (bicyclic) bond motifs is 2. The maximum Gasteiger partial charge on any atom is 0.317 e. The van der Waals surface area contributed by atoms with Crippen molar-refractivity contribution in [2.45, 2.75) is 57.9 Å². The minimum Gasteiger partial charge on any atom is -0.459 e. The zero-order valence-corrected chi connectivity index (χ0v) is 17.2. The van der Waals surface area contributed by atoms with E-state index in [0.29, 0.717) is 37.9 Å². The van der Waals surface area contributed by atoms with Crippen LogP contribution in [-0.2, 0) is 0 Å². The average Bonchev–Trinajstić information content (AvgIpc) is 3.21. The Hall–Kier alpha value is -1.98. The molecule has 3 fully saturated rings. The predicted octanol–water partition coefficient (Wildman–Crippen LogP) is 3.74. The highest BCUT2D eigenvalue weighted by molar-refractivity contribution is 5.91. The number of nitrogens with zero attached hydrogens (tertiary/aromatic N) is 2. The van der Waals surface area contributed by atoms with Crippen LogP contribution in [0.1, 0.15) is 62.9 Å². The first-order valence-electron chi connectivity index (χ1n) is 10.9. The van der Waals surface area contributed by atoms with Crippen molar-refractivity contribution in [3.05, 3.63) is 24.2 Å². The van der Waals surface area contributed by atoms with Crippen LogP contribution in [0.2, 0.25) is 0 Å². The fourth-order valence-electron chi connectivity index (χ4n) is 5.93. The summed E-state index contributed by atoms with van der Waals surface area (Å²) in [5, 5.41) is 3.46. The van der Waals surface area contributed by atoms with Gasteiger partial charge in [-0.3, -0.25) is 4.79 Å². The van der Waals surface area contributed by atoms with Crippen molar-refractivity contribution < 1.29 is 14.0 Å². The van der Waals surface area contributed by atoms with Gasteiger partial charge in [0.05, 0.1) is 6.26 Å². The Morgan fingerprint density at radius 3 is 2.57 bits per heavy atom. The number of hydrogen-bond acceptors (Lipinski definition) is 3.